The van der Waals surface area contributed by atoms with Crippen LogP contribution in [0.15, 0.2) is 122 Å². The minimum absolute atomic E-state index is 0. The lowest BCUT2D eigenvalue weighted by atomic mass is 9.90. The van der Waals surface area contributed by atoms with Crippen LogP contribution in [0, 0.1) is 10.8 Å². The molecule has 8 rings (SSSR count). The predicted molar refractivity (Wildman–Crippen MR) is 272 cm³/mol. The number of carbonyl (C=O) groups excluding carboxylic acids is 5. The van der Waals surface area contributed by atoms with E-state index in [1.165, 1.54) is 0 Å². The Hall–Kier alpha value is -6.21. The molecule has 1 amide bonds. The molecular formula is C55H62Cl2N4O8. The molecule has 364 valence electrons. The highest BCUT2D eigenvalue weighted by atomic mass is 35.5. The van der Waals surface area contributed by atoms with E-state index in [1.807, 2.05) is 80.7 Å². The van der Waals surface area contributed by atoms with Gasteiger partial charge in [-0.3, -0.25) is 29.1 Å². The zero-order chi connectivity index (χ0) is 49.1. The van der Waals surface area contributed by atoms with Crippen molar-refractivity contribution in [3.8, 4) is 11.5 Å². The molecule has 14 heteroatoms. The molecule has 0 spiro atoms. The summed E-state index contributed by atoms with van der Waals surface area (Å²) in [4.78, 5) is 71.2. The molecule has 2 heterocycles. The molecule has 2 aliphatic rings. The van der Waals surface area contributed by atoms with Crippen LogP contribution in [0.5, 0.6) is 11.5 Å². The first kappa shape index (κ1) is 53.7. The van der Waals surface area contributed by atoms with E-state index in [1.54, 1.807) is 75.8 Å². The number of pyridine rings is 2. The average molecular weight is 978 g/mol. The number of halogens is 2. The van der Waals surface area contributed by atoms with E-state index in [9.17, 15) is 24.0 Å². The van der Waals surface area contributed by atoms with Crippen LogP contribution >= 0.6 is 23.2 Å². The summed E-state index contributed by atoms with van der Waals surface area (Å²) in [6.07, 6.45) is 10.4. The van der Waals surface area contributed by atoms with Crippen LogP contribution in [0.2, 0.25) is 0 Å². The molecule has 0 bridgehead atoms. The van der Waals surface area contributed by atoms with Gasteiger partial charge in [0, 0.05) is 61.5 Å². The molecule has 2 aromatic heterocycles. The lowest BCUT2D eigenvalue weighted by molar-refractivity contribution is -0.140. The number of carbonyl (C=O) groups is 5. The summed E-state index contributed by atoms with van der Waals surface area (Å²) >= 11 is 9.53. The fourth-order valence-corrected chi connectivity index (χ4v) is 7.28. The Morgan fingerprint density at radius 2 is 1.04 bits per heavy atom. The SMILES string of the molecule is C.CC(C)(C)OC(=O)NCC(C(=O)Cc1ccc2cnccc2c1)c1ccc(OC(=O)C2(C)CC2)cc1.CC1(C(=O)Oc2ccc(C(CN)C(=O)Cc3ccc4cnccc4c3)cc2)CC1.ClCCl. The zero-order valence-electron chi connectivity index (χ0n) is 39.1. The van der Waals surface area contributed by atoms with E-state index < -0.39 is 23.5 Å². The van der Waals surface area contributed by atoms with Crippen LogP contribution in [0.4, 0.5) is 4.79 Å². The van der Waals surface area contributed by atoms with Crippen molar-refractivity contribution in [2.75, 3.05) is 18.4 Å². The summed E-state index contributed by atoms with van der Waals surface area (Å²) in [6, 6.07) is 29.7. The Bertz CT molecular complexity index is 2730. The van der Waals surface area contributed by atoms with Gasteiger partial charge in [-0.25, -0.2) is 4.79 Å². The molecule has 2 saturated carbocycles. The molecule has 3 N–H and O–H groups in total. The molecule has 2 atom stereocenters. The van der Waals surface area contributed by atoms with Crippen molar-refractivity contribution in [1.82, 2.24) is 15.3 Å². The molecule has 0 saturated heterocycles. The van der Waals surface area contributed by atoms with E-state index >= 15 is 0 Å². The molecule has 0 aliphatic heterocycles. The van der Waals surface area contributed by atoms with Gasteiger partial charge in [0.1, 0.15) is 28.7 Å². The first-order valence-corrected chi connectivity index (χ1v) is 23.6. The second-order valence-corrected chi connectivity index (χ2v) is 19.6. The minimum Gasteiger partial charge on any atom is -0.444 e. The Morgan fingerprint density at radius 3 is 1.43 bits per heavy atom. The topological polar surface area (TPSA) is 177 Å². The molecular weight excluding hydrogens is 916 g/mol. The van der Waals surface area contributed by atoms with Crippen molar-refractivity contribution in [2.45, 2.75) is 98.0 Å². The number of ether oxygens (including phenoxy) is 3. The second kappa shape index (κ2) is 23.9. The zero-order valence-corrected chi connectivity index (χ0v) is 40.6. The molecule has 2 aliphatic carbocycles. The third-order valence-electron chi connectivity index (χ3n) is 12.0. The number of Topliss-reactive ketones (excluding diaryl/α,β-unsaturated/α-hetero) is 2. The smallest absolute Gasteiger partial charge is 0.407 e. The highest BCUT2D eigenvalue weighted by Crippen LogP contribution is 2.47. The van der Waals surface area contributed by atoms with Crippen molar-refractivity contribution >= 4 is 74.3 Å². The predicted octanol–water partition coefficient (Wildman–Crippen LogP) is 11.2. The van der Waals surface area contributed by atoms with E-state index in [-0.39, 0.29) is 66.6 Å². The van der Waals surface area contributed by atoms with Gasteiger partial charge in [-0.2, -0.15) is 0 Å². The number of aromatic nitrogens is 2. The Balaban J connectivity index is 0.000000245. The maximum Gasteiger partial charge on any atom is 0.407 e. The molecule has 69 heavy (non-hydrogen) atoms. The monoisotopic (exact) mass is 976 g/mol. The molecule has 12 nitrogen and oxygen atoms in total. The lowest BCUT2D eigenvalue weighted by Crippen LogP contribution is -2.36. The molecule has 0 radical (unpaired) electrons. The van der Waals surface area contributed by atoms with Crippen LogP contribution in [-0.2, 0) is 36.8 Å². The number of alkyl carbamates (subject to hydrolysis) is 1. The van der Waals surface area contributed by atoms with Gasteiger partial charge in [-0.1, -0.05) is 68.1 Å². The Labute approximate surface area is 414 Å². The van der Waals surface area contributed by atoms with Crippen molar-refractivity contribution in [3.05, 3.63) is 144 Å². The van der Waals surface area contributed by atoms with Gasteiger partial charge in [0.2, 0.25) is 0 Å². The van der Waals surface area contributed by atoms with Crippen LogP contribution in [0.1, 0.15) is 102 Å². The van der Waals surface area contributed by atoms with E-state index in [4.69, 9.17) is 43.1 Å². The van der Waals surface area contributed by atoms with Gasteiger partial charge in [-0.05, 0) is 130 Å². The first-order valence-electron chi connectivity index (χ1n) is 22.6. The number of hydrogen-bond acceptors (Lipinski definition) is 11. The van der Waals surface area contributed by atoms with E-state index in [0.717, 1.165) is 69.5 Å². The van der Waals surface area contributed by atoms with Crippen molar-refractivity contribution in [1.29, 1.82) is 0 Å². The van der Waals surface area contributed by atoms with Crippen LogP contribution < -0.4 is 20.5 Å². The van der Waals surface area contributed by atoms with Gasteiger partial charge in [0.15, 0.2) is 0 Å². The summed E-state index contributed by atoms with van der Waals surface area (Å²) in [5.41, 5.74) is 7.95. The fraction of sp³-hybridized carbons (Fsp3) is 0.364. The number of ketones is 2. The number of amides is 1. The van der Waals surface area contributed by atoms with Crippen molar-refractivity contribution < 1.29 is 38.2 Å². The number of nitrogens with zero attached hydrogens (tertiary/aromatic N) is 2. The Morgan fingerprint density at radius 1 is 0.638 bits per heavy atom. The lowest BCUT2D eigenvalue weighted by Gasteiger charge is -2.22. The molecule has 6 aromatic rings. The summed E-state index contributed by atoms with van der Waals surface area (Å²) in [5.74, 6) is -0.468. The van der Waals surface area contributed by atoms with Gasteiger partial charge in [0.25, 0.3) is 0 Å². The van der Waals surface area contributed by atoms with Gasteiger partial charge in [0.05, 0.1) is 28.0 Å². The number of alkyl halides is 2. The first-order chi connectivity index (χ1) is 32.4. The molecule has 2 fully saturated rings. The number of nitrogens with two attached hydrogens (primary N) is 1. The van der Waals surface area contributed by atoms with Gasteiger partial charge >= 0.3 is 18.0 Å². The number of esters is 2. The van der Waals surface area contributed by atoms with E-state index in [0.29, 0.717) is 17.9 Å². The maximum atomic E-state index is 13.5. The Kier molecular flexibility index (Phi) is 18.6. The fourth-order valence-electron chi connectivity index (χ4n) is 7.28. The minimum atomic E-state index is -0.646. The average Bonchev–Trinajstić information content (AvgIpc) is 4.25. The van der Waals surface area contributed by atoms with E-state index in [2.05, 4.69) is 15.3 Å². The van der Waals surface area contributed by atoms with Crippen LogP contribution in [0.3, 0.4) is 0 Å². The third-order valence-corrected chi connectivity index (χ3v) is 12.0. The number of rotatable bonds is 15. The van der Waals surface area contributed by atoms with Crippen molar-refractivity contribution in [2.24, 2.45) is 16.6 Å². The summed E-state index contributed by atoms with van der Waals surface area (Å²) in [7, 11) is 0. The maximum absolute atomic E-state index is 13.5. The summed E-state index contributed by atoms with van der Waals surface area (Å²) in [5, 5.41) is 7.04. The second-order valence-electron chi connectivity index (χ2n) is 18.8. The standard InChI is InChI=1S/C29H32N2O5.C24H24N2O3.CH2Cl2.CH4/c1-28(2,3)36-27(34)31-18-24(20-7-9-23(10-8-20)35-26(33)29(4)12-13-29)25(32)16-19-5-6-22-17-30-14-11-21(22)15-19;1-24(9-10-24)23(28)29-20-6-4-17(5-7-20)21(14-25)22(27)13-16-2-3-19-15-26-11-8-18(19)12-16;2-1-3;/h5-11,14-15,17,24H,12-13,16,18H2,1-4H3,(H,31,34);2-8,11-12,15,21H,9-10,13-14,25H2,1H3;1H2;1H4. The molecule has 4 aromatic carbocycles. The quantitative estimate of drug-likeness (QED) is 0.0569. The number of fused-ring (bicyclic) bond motifs is 2. The number of hydrogen-bond donors (Lipinski definition) is 2. The van der Waals surface area contributed by atoms with Gasteiger partial charge < -0.3 is 25.3 Å². The van der Waals surface area contributed by atoms with Crippen molar-refractivity contribution in [3.63, 3.8) is 0 Å². The normalized spacial score (nSPS) is 14.7. The number of nitrogens with one attached hydrogen (secondary N) is 1. The van der Waals surface area contributed by atoms with Crippen LogP contribution in [-0.4, -0.2) is 63.6 Å². The molecule has 2 unspecified atom stereocenters. The summed E-state index contributed by atoms with van der Waals surface area (Å²) < 4.78 is 16.3. The largest absolute Gasteiger partial charge is 0.444 e. The van der Waals surface area contributed by atoms with Gasteiger partial charge in [-0.15, -0.1) is 23.2 Å². The van der Waals surface area contributed by atoms with Crippen LogP contribution in [0.25, 0.3) is 21.5 Å². The third kappa shape index (κ3) is 15.4. The highest BCUT2D eigenvalue weighted by molar-refractivity contribution is 6.40. The number of benzene rings is 4. The summed E-state index contributed by atoms with van der Waals surface area (Å²) in [6.45, 7) is 9.47. The highest BCUT2D eigenvalue weighted by Gasteiger charge is 2.47.